The van der Waals surface area contributed by atoms with E-state index < -0.39 is 4.92 Å². The van der Waals surface area contributed by atoms with Crippen LogP contribution in [0.2, 0.25) is 0 Å². The second kappa shape index (κ2) is 5.55. The largest absolute Gasteiger partial charge is 0.327 e. The molecule has 1 heterocycles. The zero-order chi connectivity index (χ0) is 12.1. The molecule has 5 nitrogen and oxygen atoms in total. The van der Waals surface area contributed by atoms with Crippen LogP contribution in [0.15, 0.2) is 12.1 Å². The van der Waals surface area contributed by atoms with Gasteiger partial charge in [0.05, 0.1) is 4.92 Å². The van der Waals surface area contributed by atoms with Crippen LogP contribution >= 0.6 is 0 Å². The van der Waals surface area contributed by atoms with Crippen LogP contribution in [0.1, 0.15) is 31.2 Å². The summed E-state index contributed by atoms with van der Waals surface area (Å²) in [5.74, 6) is 0. The van der Waals surface area contributed by atoms with Crippen LogP contribution in [0.5, 0.6) is 0 Å². The maximum absolute atomic E-state index is 10.8. The molecule has 0 bridgehead atoms. The normalized spacial score (nSPS) is 12.4. The molecular formula is C11H17N3O2. The Hall–Kier alpha value is -1.49. The van der Waals surface area contributed by atoms with Crippen molar-refractivity contribution in [2.45, 2.75) is 39.2 Å². The van der Waals surface area contributed by atoms with Gasteiger partial charge in [-0.2, -0.15) is 0 Å². The molecule has 0 saturated carbocycles. The lowest BCUT2D eigenvalue weighted by Gasteiger charge is -2.10. The Morgan fingerprint density at radius 2 is 2.25 bits per heavy atom. The van der Waals surface area contributed by atoms with E-state index in [2.05, 4.69) is 4.98 Å². The molecule has 88 valence electrons. The van der Waals surface area contributed by atoms with E-state index in [0.29, 0.717) is 12.1 Å². The highest BCUT2D eigenvalue weighted by molar-refractivity contribution is 5.36. The number of rotatable bonds is 5. The lowest BCUT2D eigenvalue weighted by Crippen LogP contribution is -2.23. The number of hydrogen-bond donors (Lipinski definition) is 1. The third-order valence-electron chi connectivity index (χ3n) is 2.40. The summed E-state index contributed by atoms with van der Waals surface area (Å²) >= 11 is 0. The second-order valence-electron chi connectivity index (χ2n) is 3.93. The van der Waals surface area contributed by atoms with Crippen molar-refractivity contribution >= 4 is 5.69 Å². The molecule has 5 heteroatoms. The van der Waals surface area contributed by atoms with Crippen LogP contribution in [-0.2, 0) is 6.42 Å². The summed E-state index contributed by atoms with van der Waals surface area (Å²) in [7, 11) is 0. The fraction of sp³-hybridized carbons (Fsp3) is 0.545. The van der Waals surface area contributed by atoms with Gasteiger partial charge < -0.3 is 5.73 Å². The molecule has 0 aromatic carbocycles. The molecule has 2 N–H and O–H groups in total. The Kier molecular flexibility index (Phi) is 4.37. The van der Waals surface area contributed by atoms with Crippen molar-refractivity contribution in [1.29, 1.82) is 0 Å². The molecule has 0 fully saturated rings. The van der Waals surface area contributed by atoms with Crippen molar-refractivity contribution in [1.82, 2.24) is 4.98 Å². The Balaban J connectivity index is 2.92. The van der Waals surface area contributed by atoms with Gasteiger partial charge in [-0.05, 0) is 19.4 Å². The third kappa shape index (κ3) is 3.27. The minimum Gasteiger partial charge on any atom is -0.327 e. The highest BCUT2D eigenvalue weighted by Crippen LogP contribution is 2.18. The number of aryl methyl sites for hydroxylation is 1. The first kappa shape index (κ1) is 12.6. The van der Waals surface area contributed by atoms with Crippen LogP contribution in [0.3, 0.4) is 0 Å². The number of nitrogens with zero attached hydrogens (tertiary/aromatic N) is 2. The highest BCUT2D eigenvalue weighted by atomic mass is 16.6. The van der Waals surface area contributed by atoms with E-state index in [-0.39, 0.29) is 11.7 Å². The summed E-state index contributed by atoms with van der Waals surface area (Å²) in [6.07, 6.45) is 2.29. The minimum atomic E-state index is -0.402. The van der Waals surface area contributed by atoms with E-state index in [1.807, 2.05) is 13.8 Å². The maximum Gasteiger partial charge on any atom is 0.290 e. The predicted molar refractivity (Wildman–Crippen MR) is 62.2 cm³/mol. The van der Waals surface area contributed by atoms with Crippen molar-refractivity contribution in [2.24, 2.45) is 5.73 Å². The molecule has 0 amide bonds. The van der Waals surface area contributed by atoms with Crippen molar-refractivity contribution in [3.8, 4) is 0 Å². The van der Waals surface area contributed by atoms with Crippen molar-refractivity contribution in [3.05, 3.63) is 33.6 Å². The summed E-state index contributed by atoms with van der Waals surface area (Å²) < 4.78 is 0. The van der Waals surface area contributed by atoms with Crippen LogP contribution < -0.4 is 5.73 Å². The maximum atomic E-state index is 10.8. The van der Waals surface area contributed by atoms with Crippen LogP contribution in [0, 0.1) is 17.0 Å². The molecule has 0 aliphatic rings. The number of nitrogens with two attached hydrogens (primary N) is 1. The topological polar surface area (TPSA) is 82.0 Å². The van der Waals surface area contributed by atoms with Gasteiger partial charge in [-0.25, -0.2) is 0 Å². The van der Waals surface area contributed by atoms with Gasteiger partial charge in [0.1, 0.15) is 5.69 Å². The van der Waals surface area contributed by atoms with Crippen LogP contribution in [-0.4, -0.2) is 15.9 Å². The van der Waals surface area contributed by atoms with Gasteiger partial charge in [0.2, 0.25) is 0 Å². The molecule has 0 aliphatic heterocycles. The zero-order valence-electron chi connectivity index (χ0n) is 9.64. The Morgan fingerprint density at radius 3 is 2.81 bits per heavy atom. The molecule has 1 aromatic heterocycles. The molecular weight excluding hydrogens is 206 g/mol. The summed E-state index contributed by atoms with van der Waals surface area (Å²) in [5.41, 5.74) is 7.21. The van der Waals surface area contributed by atoms with Gasteiger partial charge in [-0.1, -0.05) is 13.3 Å². The van der Waals surface area contributed by atoms with E-state index >= 15 is 0 Å². The van der Waals surface area contributed by atoms with Crippen molar-refractivity contribution < 1.29 is 4.92 Å². The highest BCUT2D eigenvalue weighted by Gasteiger charge is 2.17. The molecule has 1 unspecified atom stereocenters. The van der Waals surface area contributed by atoms with E-state index in [1.54, 1.807) is 6.07 Å². The van der Waals surface area contributed by atoms with Gasteiger partial charge in [-0.3, -0.25) is 15.1 Å². The number of nitro groups is 1. The van der Waals surface area contributed by atoms with Gasteiger partial charge >= 0.3 is 0 Å². The standard InChI is InChI=1S/C11H17N3O2/c1-3-4-9(12)7-10-11(14(15)16)6-5-8(2)13-10/h5-6,9H,3-4,7,12H2,1-2H3. The SMILES string of the molecule is CCCC(N)Cc1nc(C)ccc1[N+](=O)[O-]. The summed E-state index contributed by atoms with van der Waals surface area (Å²) in [5, 5.41) is 10.8. The first-order chi connectivity index (χ1) is 7.54. The first-order valence-electron chi connectivity index (χ1n) is 5.41. The predicted octanol–water partition coefficient (Wildman–Crippen LogP) is 1.97. The smallest absolute Gasteiger partial charge is 0.290 e. The molecule has 1 aromatic rings. The Labute approximate surface area is 94.8 Å². The first-order valence-corrected chi connectivity index (χ1v) is 5.41. The van der Waals surface area contributed by atoms with Gasteiger partial charge in [0.25, 0.3) is 5.69 Å². The third-order valence-corrected chi connectivity index (χ3v) is 2.40. The Morgan fingerprint density at radius 1 is 1.56 bits per heavy atom. The zero-order valence-corrected chi connectivity index (χ0v) is 9.64. The lowest BCUT2D eigenvalue weighted by molar-refractivity contribution is -0.386. The van der Waals surface area contributed by atoms with Crippen molar-refractivity contribution in [3.63, 3.8) is 0 Å². The fourth-order valence-electron chi connectivity index (χ4n) is 1.64. The van der Waals surface area contributed by atoms with E-state index in [0.717, 1.165) is 18.5 Å². The monoisotopic (exact) mass is 223 g/mol. The summed E-state index contributed by atoms with van der Waals surface area (Å²) in [6.45, 7) is 3.86. The van der Waals surface area contributed by atoms with Crippen molar-refractivity contribution in [2.75, 3.05) is 0 Å². The van der Waals surface area contributed by atoms with E-state index in [4.69, 9.17) is 5.73 Å². The molecule has 0 aliphatic carbocycles. The molecule has 0 saturated heterocycles. The van der Waals surface area contributed by atoms with E-state index in [1.165, 1.54) is 6.07 Å². The van der Waals surface area contributed by atoms with Crippen LogP contribution in [0.25, 0.3) is 0 Å². The lowest BCUT2D eigenvalue weighted by atomic mass is 10.1. The molecule has 0 spiro atoms. The quantitative estimate of drug-likeness (QED) is 0.611. The number of pyridine rings is 1. The molecule has 16 heavy (non-hydrogen) atoms. The Bertz CT molecular complexity index is 379. The van der Waals surface area contributed by atoms with E-state index in [9.17, 15) is 10.1 Å². The van der Waals surface area contributed by atoms with Crippen LogP contribution in [0.4, 0.5) is 5.69 Å². The van der Waals surface area contributed by atoms with Gasteiger partial charge in [0, 0.05) is 24.2 Å². The summed E-state index contributed by atoms with van der Waals surface area (Å²) in [4.78, 5) is 14.6. The molecule has 0 radical (unpaired) electrons. The molecule has 1 rings (SSSR count). The summed E-state index contributed by atoms with van der Waals surface area (Å²) in [6, 6.07) is 3.08. The second-order valence-corrected chi connectivity index (χ2v) is 3.93. The fourth-order valence-corrected chi connectivity index (χ4v) is 1.64. The van der Waals surface area contributed by atoms with Gasteiger partial charge in [0.15, 0.2) is 0 Å². The average Bonchev–Trinajstić information content (AvgIpc) is 2.17. The molecule has 1 atom stereocenters. The number of hydrogen-bond acceptors (Lipinski definition) is 4. The van der Waals surface area contributed by atoms with Gasteiger partial charge in [-0.15, -0.1) is 0 Å². The number of aromatic nitrogens is 1. The minimum absolute atomic E-state index is 0.0574. The average molecular weight is 223 g/mol.